The number of fused-ring (bicyclic) bond motifs is 1. The fourth-order valence-electron chi connectivity index (χ4n) is 4.57. The zero-order chi connectivity index (χ0) is 27.5. The number of nitrogens with zero attached hydrogens (tertiary/aromatic N) is 3. The van der Waals surface area contributed by atoms with Gasteiger partial charge in [-0.15, -0.1) is 0 Å². The zero-order valence-electron chi connectivity index (χ0n) is 22.1. The number of benzene rings is 2. The Bertz CT molecular complexity index is 1510. The number of pyridine rings is 1. The van der Waals surface area contributed by atoms with Crippen LogP contribution in [-0.2, 0) is 6.42 Å². The van der Waals surface area contributed by atoms with Crippen molar-refractivity contribution in [3.8, 4) is 22.6 Å². The van der Waals surface area contributed by atoms with Crippen LogP contribution >= 0.6 is 11.6 Å². The molecule has 2 aromatic carbocycles. The Morgan fingerprint density at radius 1 is 1.15 bits per heavy atom. The summed E-state index contributed by atoms with van der Waals surface area (Å²) in [5, 5.41) is 14.6. The molecule has 5 rings (SSSR count). The lowest BCUT2D eigenvalue weighted by Gasteiger charge is -2.16. The second kappa shape index (κ2) is 11.6. The number of phenols is 1. The number of nitrogens with two attached hydrogens (primary N) is 1. The predicted molar refractivity (Wildman–Crippen MR) is 154 cm³/mol. The van der Waals surface area contributed by atoms with E-state index in [0.717, 1.165) is 66.4 Å². The lowest BCUT2D eigenvalue weighted by Crippen LogP contribution is -2.18. The van der Waals surface area contributed by atoms with Crippen LogP contribution in [0.5, 0.6) is 11.5 Å². The van der Waals surface area contributed by atoms with E-state index in [1.165, 1.54) is 7.11 Å². The number of phenolic OH excluding ortho intramolecular Hbond substituents is 1. The third-order valence-corrected chi connectivity index (χ3v) is 7.43. The van der Waals surface area contributed by atoms with Crippen molar-refractivity contribution in [2.75, 3.05) is 12.4 Å². The van der Waals surface area contributed by atoms with E-state index in [9.17, 15) is 9.90 Å². The van der Waals surface area contributed by atoms with Crippen molar-refractivity contribution in [2.45, 2.75) is 51.5 Å². The minimum atomic E-state index is -0.110. The van der Waals surface area contributed by atoms with Crippen molar-refractivity contribution in [1.82, 2.24) is 15.0 Å². The second-order valence-electron chi connectivity index (χ2n) is 10.00. The standard InChI is InChI=1S/C30H32ClN5O3/c1-3-20(32)5-4-6-27-34-14-21(15-35-27)36-28-22-11-18(19-12-24(31)30(38)26(13-19)39-2)9-10-25(22)33-16-23(28)29(37)17-7-8-17/h9-17,20,38H,3-8,32H2,1-2H3,(H,33,36). The molecule has 0 bridgehead atoms. The number of aromatic hydroxyl groups is 1. The smallest absolute Gasteiger partial charge is 0.176 e. The second-order valence-corrected chi connectivity index (χ2v) is 10.4. The predicted octanol–water partition coefficient (Wildman–Crippen LogP) is 6.46. The summed E-state index contributed by atoms with van der Waals surface area (Å²) < 4.78 is 5.29. The zero-order valence-corrected chi connectivity index (χ0v) is 22.8. The third-order valence-electron chi connectivity index (χ3n) is 7.14. The number of hydrogen-bond donors (Lipinski definition) is 3. The van der Waals surface area contributed by atoms with Crippen LogP contribution in [0.15, 0.2) is 48.9 Å². The Morgan fingerprint density at radius 3 is 2.62 bits per heavy atom. The average molecular weight is 546 g/mol. The summed E-state index contributed by atoms with van der Waals surface area (Å²) in [6, 6.07) is 9.39. The molecule has 4 N–H and O–H groups in total. The molecule has 39 heavy (non-hydrogen) atoms. The maximum Gasteiger partial charge on any atom is 0.176 e. The molecule has 1 atom stereocenters. The molecule has 202 valence electrons. The molecule has 1 aliphatic rings. The van der Waals surface area contributed by atoms with E-state index in [4.69, 9.17) is 22.1 Å². The van der Waals surface area contributed by atoms with Crippen LogP contribution < -0.4 is 15.8 Å². The van der Waals surface area contributed by atoms with Crippen LogP contribution in [0.1, 0.15) is 55.2 Å². The van der Waals surface area contributed by atoms with Gasteiger partial charge >= 0.3 is 0 Å². The molecule has 8 nitrogen and oxygen atoms in total. The van der Waals surface area contributed by atoms with Crippen LogP contribution in [0.2, 0.25) is 5.02 Å². The molecule has 0 amide bonds. The molecule has 4 aromatic rings. The first kappa shape index (κ1) is 26.8. The summed E-state index contributed by atoms with van der Waals surface area (Å²) in [5.74, 6) is 1.04. The number of halogens is 1. The lowest BCUT2D eigenvalue weighted by molar-refractivity contribution is 0.0968. The first-order chi connectivity index (χ1) is 18.9. The van der Waals surface area contributed by atoms with Gasteiger partial charge in [0.15, 0.2) is 17.3 Å². The molecule has 1 fully saturated rings. The molecule has 0 saturated heterocycles. The van der Waals surface area contributed by atoms with E-state index in [0.29, 0.717) is 16.9 Å². The van der Waals surface area contributed by atoms with Crippen molar-refractivity contribution in [2.24, 2.45) is 11.7 Å². The number of anilines is 2. The van der Waals surface area contributed by atoms with Gasteiger partial charge in [-0.05, 0) is 67.5 Å². The number of hydrogen-bond acceptors (Lipinski definition) is 8. The van der Waals surface area contributed by atoms with Crippen LogP contribution in [0.25, 0.3) is 22.0 Å². The topological polar surface area (TPSA) is 123 Å². The van der Waals surface area contributed by atoms with Crippen molar-refractivity contribution in [1.29, 1.82) is 0 Å². The fourth-order valence-corrected chi connectivity index (χ4v) is 4.79. The Morgan fingerprint density at radius 2 is 1.92 bits per heavy atom. The maximum absolute atomic E-state index is 13.3. The van der Waals surface area contributed by atoms with Gasteiger partial charge in [-0.1, -0.05) is 24.6 Å². The van der Waals surface area contributed by atoms with Gasteiger partial charge in [-0.25, -0.2) is 9.97 Å². The van der Waals surface area contributed by atoms with Crippen LogP contribution in [0.4, 0.5) is 11.4 Å². The van der Waals surface area contributed by atoms with Crippen LogP contribution in [-0.4, -0.2) is 39.0 Å². The van der Waals surface area contributed by atoms with Gasteiger partial charge in [-0.3, -0.25) is 9.78 Å². The molecular formula is C30H32ClN5O3. The highest BCUT2D eigenvalue weighted by Crippen LogP contribution is 2.41. The number of carbonyl (C=O) groups excluding carboxylic acids is 1. The Kier molecular flexibility index (Phi) is 7.95. The summed E-state index contributed by atoms with van der Waals surface area (Å²) in [4.78, 5) is 26.9. The maximum atomic E-state index is 13.3. The first-order valence-electron chi connectivity index (χ1n) is 13.2. The Hall–Kier alpha value is -3.75. The molecule has 9 heteroatoms. The molecular weight excluding hydrogens is 514 g/mol. The number of methoxy groups -OCH3 is 1. The van der Waals surface area contributed by atoms with Gasteiger partial charge in [0.25, 0.3) is 0 Å². The molecule has 1 aliphatic carbocycles. The van der Waals surface area contributed by atoms with Gasteiger partial charge in [0.2, 0.25) is 0 Å². The van der Waals surface area contributed by atoms with Crippen molar-refractivity contribution < 1.29 is 14.6 Å². The van der Waals surface area contributed by atoms with Crippen molar-refractivity contribution in [3.05, 3.63) is 65.3 Å². The number of ether oxygens (including phenoxy) is 1. The minimum Gasteiger partial charge on any atom is -0.503 e. The molecule has 0 spiro atoms. The lowest BCUT2D eigenvalue weighted by atomic mass is 9.98. The SMILES string of the molecule is CCC(N)CCCc1ncc(Nc2c(C(=O)C3CC3)cnc3ccc(-c4cc(Cl)c(O)c(OC)c4)cc23)cn1. The summed E-state index contributed by atoms with van der Waals surface area (Å²) in [5.41, 5.74) is 10.2. The summed E-state index contributed by atoms with van der Waals surface area (Å²) in [6.07, 6.45) is 10.5. The number of nitrogens with one attached hydrogen (secondary N) is 1. The molecule has 2 aromatic heterocycles. The summed E-state index contributed by atoms with van der Waals surface area (Å²) >= 11 is 6.26. The van der Waals surface area contributed by atoms with Gasteiger partial charge in [0.1, 0.15) is 5.82 Å². The van der Waals surface area contributed by atoms with Crippen LogP contribution in [0.3, 0.4) is 0 Å². The largest absolute Gasteiger partial charge is 0.503 e. The number of ketones is 1. The summed E-state index contributed by atoms with van der Waals surface area (Å²) in [7, 11) is 1.48. The van der Waals surface area contributed by atoms with E-state index in [2.05, 4.69) is 27.2 Å². The monoisotopic (exact) mass is 545 g/mol. The molecule has 0 aliphatic heterocycles. The number of rotatable bonds is 11. The Balaban J connectivity index is 1.51. The Labute approximate surface area is 232 Å². The van der Waals surface area contributed by atoms with E-state index >= 15 is 0 Å². The van der Waals surface area contributed by atoms with Crippen molar-refractivity contribution in [3.63, 3.8) is 0 Å². The number of aromatic nitrogens is 3. The average Bonchev–Trinajstić information content (AvgIpc) is 3.80. The highest BCUT2D eigenvalue weighted by molar-refractivity contribution is 6.32. The van der Waals surface area contributed by atoms with E-state index in [-0.39, 0.29) is 34.3 Å². The van der Waals surface area contributed by atoms with E-state index in [1.807, 2.05) is 18.2 Å². The molecule has 1 saturated carbocycles. The minimum absolute atomic E-state index is 0.0290. The normalized spacial score (nSPS) is 13.8. The van der Waals surface area contributed by atoms with E-state index < -0.39 is 0 Å². The third kappa shape index (κ3) is 5.97. The van der Waals surface area contributed by atoms with E-state index in [1.54, 1.807) is 30.7 Å². The molecule has 2 heterocycles. The highest BCUT2D eigenvalue weighted by Gasteiger charge is 2.32. The first-order valence-corrected chi connectivity index (χ1v) is 13.6. The van der Waals surface area contributed by atoms with Gasteiger partial charge in [-0.2, -0.15) is 0 Å². The number of Topliss-reactive ketones (excluding diaryl/α,β-unsaturated/α-hetero) is 1. The van der Waals surface area contributed by atoms with Crippen molar-refractivity contribution >= 4 is 39.7 Å². The van der Waals surface area contributed by atoms with Crippen LogP contribution in [0, 0.1) is 5.92 Å². The number of aryl methyl sites for hydroxylation is 1. The number of carbonyl (C=O) groups is 1. The van der Waals surface area contributed by atoms with Gasteiger partial charge in [0.05, 0.1) is 47.0 Å². The molecule has 1 unspecified atom stereocenters. The van der Waals surface area contributed by atoms with Gasteiger partial charge < -0.3 is 20.9 Å². The summed E-state index contributed by atoms with van der Waals surface area (Å²) in [6.45, 7) is 2.09. The quantitative estimate of drug-likeness (QED) is 0.184. The highest BCUT2D eigenvalue weighted by atomic mass is 35.5. The fraction of sp³-hybridized carbons (Fsp3) is 0.333. The van der Waals surface area contributed by atoms with Gasteiger partial charge in [0, 0.05) is 30.0 Å². The molecule has 0 radical (unpaired) electrons.